The fraction of sp³-hybridized carbons (Fsp3) is 0.500. The normalized spacial score (nSPS) is 17.7. The molecule has 1 aliphatic rings. The van der Waals surface area contributed by atoms with Crippen molar-refractivity contribution in [2.24, 2.45) is 0 Å². The van der Waals surface area contributed by atoms with Crippen LogP contribution < -0.4 is 0 Å². The Bertz CT molecular complexity index is 851. The molecule has 0 atom stereocenters. The minimum atomic E-state index is -3.45. The molecule has 6 heteroatoms. The highest BCUT2D eigenvalue weighted by molar-refractivity contribution is 7.89. The molecule has 2 aromatic carbocycles. The summed E-state index contributed by atoms with van der Waals surface area (Å²) >= 11 is 0. The Morgan fingerprint density at radius 1 is 0.962 bits per heavy atom. The molecule has 1 aliphatic heterocycles. The van der Waals surface area contributed by atoms with Gasteiger partial charge in [-0.3, -0.25) is 4.90 Å². The van der Waals surface area contributed by atoms with Gasteiger partial charge in [-0.25, -0.2) is 8.42 Å². The summed E-state index contributed by atoms with van der Waals surface area (Å²) in [6.07, 6.45) is 0. The van der Waals surface area contributed by atoms with Crippen molar-refractivity contribution in [1.82, 2.24) is 9.21 Å². The lowest BCUT2D eigenvalue weighted by Crippen LogP contribution is -2.49. The van der Waals surface area contributed by atoms with E-state index in [-0.39, 0.29) is 5.60 Å². The second-order valence-electron chi connectivity index (χ2n) is 7.72. The van der Waals surface area contributed by atoms with Crippen LogP contribution in [0.25, 0.3) is 10.8 Å². The highest BCUT2D eigenvalue weighted by Gasteiger charge is 2.28. The largest absolute Gasteiger partial charge is 0.375 e. The molecule has 3 rings (SSSR count). The van der Waals surface area contributed by atoms with Crippen LogP contribution in [0.15, 0.2) is 47.4 Å². The second-order valence-corrected chi connectivity index (χ2v) is 9.65. The summed E-state index contributed by atoms with van der Waals surface area (Å²) in [5.74, 6) is 0. The third-order valence-corrected chi connectivity index (χ3v) is 6.53. The lowest BCUT2D eigenvalue weighted by Gasteiger charge is -2.34. The number of nitrogens with zero attached hydrogens (tertiary/aromatic N) is 2. The summed E-state index contributed by atoms with van der Waals surface area (Å²) in [5.41, 5.74) is -0.138. The molecular weight excluding hydrogens is 348 g/mol. The summed E-state index contributed by atoms with van der Waals surface area (Å²) in [7, 11) is -3.45. The Balaban J connectivity index is 1.62. The molecule has 1 saturated heterocycles. The number of sulfonamides is 1. The molecule has 1 fully saturated rings. The van der Waals surface area contributed by atoms with Gasteiger partial charge >= 0.3 is 0 Å². The summed E-state index contributed by atoms with van der Waals surface area (Å²) in [6, 6.07) is 13.2. The Morgan fingerprint density at radius 2 is 1.62 bits per heavy atom. The van der Waals surface area contributed by atoms with Crippen LogP contribution >= 0.6 is 0 Å². The summed E-state index contributed by atoms with van der Waals surface area (Å²) in [5, 5.41) is 2.00. The van der Waals surface area contributed by atoms with E-state index in [1.54, 1.807) is 16.4 Å². The third kappa shape index (κ3) is 4.62. The number of hydrogen-bond acceptors (Lipinski definition) is 4. The molecule has 0 amide bonds. The van der Waals surface area contributed by atoms with Gasteiger partial charge in [-0.1, -0.05) is 30.3 Å². The van der Waals surface area contributed by atoms with E-state index >= 15 is 0 Å². The molecule has 5 nitrogen and oxygen atoms in total. The van der Waals surface area contributed by atoms with Gasteiger partial charge in [-0.2, -0.15) is 4.31 Å². The van der Waals surface area contributed by atoms with Crippen LogP contribution in [0.2, 0.25) is 0 Å². The predicted molar refractivity (Wildman–Crippen MR) is 105 cm³/mol. The van der Waals surface area contributed by atoms with Gasteiger partial charge in [-0.15, -0.1) is 0 Å². The molecule has 1 heterocycles. The van der Waals surface area contributed by atoms with E-state index in [0.29, 0.717) is 24.6 Å². The van der Waals surface area contributed by atoms with Gasteiger partial charge in [0.25, 0.3) is 0 Å². The predicted octanol–water partition coefficient (Wildman–Crippen LogP) is 2.96. The fourth-order valence-electron chi connectivity index (χ4n) is 3.15. The molecule has 0 spiro atoms. The average molecular weight is 377 g/mol. The first kappa shape index (κ1) is 19.3. The minimum Gasteiger partial charge on any atom is -0.375 e. The van der Waals surface area contributed by atoms with Gasteiger partial charge in [0.2, 0.25) is 10.0 Å². The summed E-state index contributed by atoms with van der Waals surface area (Å²) in [6.45, 7) is 10.1. The van der Waals surface area contributed by atoms with E-state index in [2.05, 4.69) is 4.90 Å². The van der Waals surface area contributed by atoms with E-state index in [1.165, 1.54) is 0 Å². The molecule has 0 saturated carbocycles. The standard InChI is InChI=1S/C20H28N2O3S/c1-20(2,3)25-15-14-21-10-12-22(13-11-21)26(23,24)19-9-8-17-6-4-5-7-18(17)16-19/h4-9,16H,10-15H2,1-3H3. The highest BCUT2D eigenvalue weighted by Crippen LogP contribution is 2.22. The number of fused-ring (bicyclic) bond motifs is 1. The van der Waals surface area contributed by atoms with Crippen molar-refractivity contribution >= 4 is 20.8 Å². The van der Waals surface area contributed by atoms with Crippen molar-refractivity contribution in [2.75, 3.05) is 39.3 Å². The van der Waals surface area contributed by atoms with Crippen molar-refractivity contribution in [3.63, 3.8) is 0 Å². The first-order chi connectivity index (χ1) is 12.3. The van der Waals surface area contributed by atoms with Gasteiger partial charge in [-0.05, 0) is 43.7 Å². The van der Waals surface area contributed by atoms with Crippen LogP contribution in [0.4, 0.5) is 0 Å². The Labute approximate surface area is 156 Å². The quantitative estimate of drug-likeness (QED) is 0.805. The second kappa shape index (κ2) is 7.64. The van der Waals surface area contributed by atoms with Crippen molar-refractivity contribution in [3.05, 3.63) is 42.5 Å². The molecule has 142 valence electrons. The molecule has 0 aliphatic carbocycles. The van der Waals surface area contributed by atoms with E-state index in [4.69, 9.17) is 4.74 Å². The van der Waals surface area contributed by atoms with Crippen LogP contribution in [-0.4, -0.2) is 62.6 Å². The SMILES string of the molecule is CC(C)(C)OCCN1CCN(S(=O)(=O)c2ccc3ccccc3c2)CC1. The molecule has 26 heavy (non-hydrogen) atoms. The smallest absolute Gasteiger partial charge is 0.243 e. The number of piperazine rings is 1. The number of ether oxygens (including phenoxy) is 1. The van der Waals surface area contributed by atoms with Gasteiger partial charge in [0, 0.05) is 32.7 Å². The van der Waals surface area contributed by atoms with Crippen molar-refractivity contribution in [1.29, 1.82) is 0 Å². The molecule has 2 aromatic rings. The molecule has 0 bridgehead atoms. The molecular formula is C20H28N2O3S. The van der Waals surface area contributed by atoms with Crippen LogP contribution in [0.3, 0.4) is 0 Å². The zero-order chi connectivity index (χ0) is 18.8. The summed E-state index contributed by atoms with van der Waals surface area (Å²) < 4.78 is 33.3. The van der Waals surface area contributed by atoms with Gasteiger partial charge < -0.3 is 4.74 Å². The Hall–Kier alpha value is -1.47. The van der Waals surface area contributed by atoms with Gasteiger partial charge in [0.05, 0.1) is 17.1 Å². The van der Waals surface area contributed by atoms with Gasteiger partial charge in [0.15, 0.2) is 0 Å². The maximum Gasteiger partial charge on any atom is 0.243 e. The maximum absolute atomic E-state index is 13.0. The number of benzene rings is 2. The fourth-order valence-corrected chi connectivity index (χ4v) is 4.61. The minimum absolute atomic E-state index is 0.138. The van der Waals surface area contributed by atoms with Crippen molar-refractivity contribution in [3.8, 4) is 0 Å². The molecule has 0 unspecified atom stereocenters. The van der Waals surface area contributed by atoms with Crippen LogP contribution in [0.1, 0.15) is 20.8 Å². The number of rotatable bonds is 5. The monoisotopic (exact) mass is 376 g/mol. The van der Waals surface area contributed by atoms with Crippen molar-refractivity contribution < 1.29 is 13.2 Å². The van der Waals surface area contributed by atoms with Crippen LogP contribution in [-0.2, 0) is 14.8 Å². The zero-order valence-corrected chi connectivity index (χ0v) is 16.6. The first-order valence-electron chi connectivity index (χ1n) is 9.11. The van der Waals surface area contributed by atoms with E-state index in [9.17, 15) is 8.42 Å². The van der Waals surface area contributed by atoms with Crippen molar-refractivity contribution in [2.45, 2.75) is 31.3 Å². The van der Waals surface area contributed by atoms with Gasteiger partial charge in [0.1, 0.15) is 0 Å². The highest BCUT2D eigenvalue weighted by atomic mass is 32.2. The first-order valence-corrected chi connectivity index (χ1v) is 10.5. The molecule has 0 radical (unpaired) electrons. The zero-order valence-electron chi connectivity index (χ0n) is 15.8. The number of hydrogen-bond donors (Lipinski definition) is 0. The van der Waals surface area contributed by atoms with E-state index in [1.807, 2.05) is 51.1 Å². The molecule has 0 N–H and O–H groups in total. The van der Waals surface area contributed by atoms with Crippen LogP contribution in [0, 0.1) is 0 Å². The summed E-state index contributed by atoms with van der Waals surface area (Å²) in [4.78, 5) is 2.64. The third-order valence-electron chi connectivity index (χ3n) is 4.63. The lowest BCUT2D eigenvalue weighted by molar-refractivity contribution is -0.0156. The Morgan fingerprint density at radius 3 is 2.27 bits per heavy atom. The maximum atomic E-state index is 13.0. The topological polar surface area (TPSA) is 49.9 Å². The lowest BCUT2D eigenvalue weighted by atomic mass is 10.1. The Kier molecular flexibility index (Phi) is 5.67. The molecule has 0 aromatic heterocycles. The average Bonchev–Trinajstić information content (AvgIpc) is 2.60. The van der Waals surface area contributed by atoms with E-state index < -0.39 is 10.0 Å². The van der Waals surface area contributed by atoms with Crippen LogP contribution in [0.5, 0.6) is 0 Å². The van der Waals surface area contributed by atoms with E-state index in [0.717, 1.165) is 30.4 Å².